The number of hydrogen-bond acceptors (Lipinski definition) is 7. The van der Waals surface area contributed by atoms with Gasteiger partial charge in [0.05, 0.1) is 20.3 Å². The number of nitrogens with zero attached hydrogens (tertiary/aromatic N) is 2. The predicted molar refractivity (Wildman–Crippen MR) is 172 cm³/mol. The molecule has 242 valence electrons. The summed E-state index contributed by atoms with van der Waals surface area (Å²) in [4.78, 5) is 31.8. The fraction of sp³-hybridized carbons (Fsp3) is 0.588. The Bertz CT molecular complexity index is 1220. The maximum atomic E-state index is 13.9. The Hall–Kier alpha value is -3.01. The minimum absolute atomic E-state index is 0. The maximum absolute atomic E-state index is 13.9. The molecular formula is C34H48ClN3O6. The Balaban J connectivity index is 0.00000442. The SMILES string of the molecule is CCCCN1C(=O)[C@@H]([C@H](O)C2CCCCC2)NC(=O)C12CCN(Cc1ccc(Oc3cc(OC)cc(OC)c3)cc1)CC2.Cl. The van der Waals surface area contributed by atoms with E-state index >= 15 is 0 Å². The number of carbonyl (C=O) groups is 2. The molecule has 9 nitrogen and oxygen atoms in total. The van der Waals surface area contributed by atoms with Crippen molar-refractivity contribution in [2.75, 3.05) is 33.9 Å². The fourth-order valence-corrected chi connectivity index (χ4v) is 6.93. The van der Waals surface area contributed by atoms with Crippen LogP contribution in [0.2, 0.25) is 0 Å². The van der Waals surface area contributed by atoms with Crippen molar-refractivity contribution in [2.24, 2.45) is 5.92 Å². The quantitative estimate of drug-likeness (QED) is 0.347. The third-order valence-corrected chi connectivity index (χ3v) is 9.54. The van der Waals surface area contributed by atoms with Gasteiger partial charge in [-0.05, 0) is 55.7 Å². The summed E-state index contributed by atoms with van der Waals surface area (Å²) in [6, 6.07) is 12.6. The van der Waals surface area contributed by atoms with E-state index < -0.39 is 17.7 Å². The topological polar surface area (TPSA) is 101 Å². The fourth-order valence-electron chi connectivity index (χ4n) is 6.93. The Labute approximate surface area is 267 Å². The van der Waals surface area contributed by atoms with Crippen molar-refractivity contribution >= 4 is 24.2 Å². The monoisotopic (exact) mass is 629 g/mol. The molecule has 0 bridgehead atoms. The second-order valence-electron chi connectivity index (χ2n) is 12.3. The van der Waals surface area contributed by atoms with Crippen LogP contribution in [0.25, 0.3) is 0 Å². The molecule has 3 fully saturated rings. The van der Waals surface area contributed by atoms with Crippen LogP contribution >= 0.6 is 12.4 Å². The third-order valence-electron chi connectivity index (χ3n) is 9.54. The number of nitrogens with one attached hydrogen (secondary N) is 1. The van der Waals surface area contributed by atoms with Crippen LogP contribution in [0.3, 0.4) is 0 Å². The minimum atomic E-state index is -0.846. The lowest BCUT2D eigenvalue weighted by Crippen LogP contribution is -2.75. The van der Waals surface area contributed by atoms with Gasteiger partial charge in [0.1, 0.15) is 34.6 Å². The largest absolute Gasteiger partial charge is 0.496 e. The molecule has 2 saturated heterocycles. The van der Waals surface area contributed by atoms with E-state index in [1.807, 2.05) is 29.2 Å². The van der Waals surface area contributed by atoms with Gasteiger partial charge in [0.2, 0.25) is 11.8 Å². The van der Waals surface area contributed by atoms with Gasteiger partial charge in [-0.25, -0.2) is 0 Å². The zero-order chi connectivity index (χ0) is 30.4. The van der Waals surface area contributed by atoms with E-state index in [2.05, 4.69) is 29.3 Å². The molecule has 0 radical (unpaired) electrons. The molecule has 2 aromatic carbocycles. The van der Waals surface area contributed by atoms with Crippen molar-refractivity contribution in [1.82, 2.24) is 15.1 Å². The van der Waals surface area contributed by atoms with Crippen LogP contribution in [-0.2, 0) is 16.1 Å². The van der Waals surface area contributed by atoms with Crippen molar-refractivity contribution in [3.8, 4) is 23.0 Å². The number of benzene rings is 2. The van der Waals surface area contributed by atoms with Gasteiger partial charge >= 0.3 is 0 Å². The molecule has 2 amide bonds. The Morgan fingerprint density at radius 1 is 0.932 bits per heavy atom. The van der Waals surface area contributed by atoms with Crippen LogP contribution in [0.1, 0.15) is 70.3 Å². The minimum Gasteiger partial charge on any atom is -0.496 e. The predicted octanol–water partition coefficient (Wildman–Crippen LogP) is 5.32. The number of piperidine rings is 1. The molecule has 5 rings (SSSR count). The van der Waals surface area contributed by atoms with Gasteiger partial charge in [-0.2, -0.15) is 0 Å². The number of aliphatic hydroxyl groups excluding tert-OH is 1. The highest BCUT2D eigenvalue weighted by atomic mass is 35.5. The molecule has 2 N–H and O–H groups in total. The van der Waals surface area contributed by atoms with Crippen LogP contribution in [0, 0.1) is 5.92 Å². The molecule has 44 heavy (non-hydrogen) atoms. The summed E-state index contributed by atoms with van der Waals surface area (Å²) in [5.74, 6) is 2.53. The summed E-state index contributed by atoms with van der Waals surface area (Å²) in [5, 5.41) is 14.2. The van der Waals surface area contributed by atoms with Crippen LogP contribution < -0.4 is 19.5 Å². The molecule has 3 aliphatic rings. The summed E-state index contributed by atoms with van der Waals surface area (Å²) in [7, 11) is 3.21. The molecule has 1 spiro atoms. The van der Waals surface area contributed by atoms with Crippen LogP contribution in [0.15, 0.2) is 42.5 Å². The zero-order valence-corrected chi connectivity index (χ0v) is 27.1. The van der Waals surface area contributed by atoms with E-state index in [1.165, 1.54) is 6.42 Å². The van der Waals surface area contributed by atoms with E-state index in [1.54, 1.807) is 20.3 Å². The van der Waals surface area contributed by atoms with Gasteiger partial charge < -0.3 is 29.5 Å². The lowest BCUT2D eigenvalue weighted by molar-refractivity contribution is -0.166. The first kappa shape index (κ1) is 33.9. The lowest BCUT2D eigenvalue weighted by Gasteiger charge is -2.52. The first-order valence-electron chi connectivity index (χ1n) is 15.9. The smallest absolute Gasteiger partial charge is 0.248 e. The lowest BCUT2D eigenvalue weighted by atomic mass is 9.78. The second kappa shape index (κ2) is 15.3. The molecule has 2 aromatic rings. The van der Waals surface area contributed by atoms with Crippen LogP contribution in [0.4, 0.5) is 0 Å². The molecule has 1 aliphatic carbocycles. The number of unbranched alkanes of at least 4 members (excludes halogenated alkanes) is 1. The van der Waals surface area contributed by atoms with Crippen molar-refractivity contribution < 1.29 is 28.9 Å². The number of piperazine rings is 1. The first-order chi connectivity index (χ1) is 20.9. The summed E-state index contributed by atoms with van der Waals surface area (Å²) in [5.41, 5.74) is 0.301. The maximum Gasteiger partial charge on any atom is 0.248 e. The molecule has 2 heterocycles. The Kier molecular flexibility index (Phi) is 11.8. The molecule has 0 unspecified atom stereocenters. The highest BCUT2D eigenvalue weighted by molar-refractivity contribution is 6.00. The van der Waals surface area contributed by atoms with Crippen molar-refractivity contribution in [1.29, 1.82) is 0 Å². The number of hydrogen-bond donors (Lipinski definition) is 2. The van der Waals surface area contributed by atoms with Crippen LogP contribution in [-0.4, -0.2) is 78.3 Å². The van der Waals surface area contributed by atoms with Gasteiger partial charge in [0.15, 0.2) is 0 Å². The Morgan fingerprint density at radius 2 is 1.55 bits per heavy atom. The van der Waals surface area contributed by atoms with Gasteiger partial charge in [-0.15, -0.1) is 12.4 Å². The van der Waals surface area contributed by atoms with Gasteiger partial charge in [0, 0.05) is 44.4 Å². The van der Waals surface area contributed by atoms with Crippen molar-refractivity contribution in [2.45, 2.75) is 88.9 Å². The molecule has 2 aliphatic heterocycles. The molecular weight excluding hydrogens is 582 g/mol. The summed E-state index contributed by atoms with van der Waals surface area (Å²) in [6.07, 6.45) is 7.27. The van der Waals surface area contributed by atoms with E-state index in [9.17, 15) is 14.7 Å². The van der Waals surface area contributed by atoms with Crippen molar-refractivity contribution in [3.63, 3.8) is 0 Å². The highest BCUT2D eigenvalue weighted by Gasteiger charge is 2.55. The Morgan fingerprint density at radius 3 is 2.14 bits per heavy atom. The highest BCUT2D eigenvalue weighted by Crippen LogP contribution is 2.37. The number of aliphatic hydroxyl groups is 1. The molecule has 1 saturated carbocycles. The van der Waals surface area contributed by atoms with Gasteiger partial charge in [-0.1, -0.05) is 44.7 Å². The number of amides is 2. The van der Waals surface area contributed by atoms with Gasteiger partial charge in [0.25, 0.3) is 0 Å². The van der Waals surface area contributed by atoms with E-state index in [0.717, 1.165) is 50.6 Å². The van der Waals surface area contributed by atoms with Gasteiger partial charge in [-0.3, -0.25) is 14.5 Å². The number of halogens is 1. The number of likely N-dealkylation sites (tertiary alicyclic amines) is 1. The standard InChI is InChI=1S/C34H47N3O6.ClH/c1-4-5-17-37-32(39)30(31(38)25-9-7-6-8-10-25)35-33(40)34(37)15-18-36(19-16-34)23-24-11-13-26(14-12-24)43-29-21-27(41-2)20-28(22-29)42-3;/h11-14,20-22,25,30-31,38H,4-10,15-19,23H2,1-3H3,(H,35,40);1H/t30-,31-;/m1./s1. The average Bonchev–Trinajstić information content (AvgIpc) is 3.04. The normalized spacial score (nSPS) is 21.4. The summed E-state index contributed by atoms with van der Waals surface area (Å²) in [6.45, 7) is 4.82. The molecule has 0 aromatic heterocycles. The zero-order valence-electron chi connectivity index (χ0n) is 26.3. The summed E-state index contributed by atoms with van der Waals surface area (Å²) >= 11 is 0. The average molecular weight is 630 g/mol. The van der Waals surface area contributed by atoms with E-state index in [-0.39, 0.29) is 30.1 Å². The van der Waals surface area contributed by atoms with Crippen molar-refractivity contribution in [3.05, 3.63) is 48.0 Å². The molecule has 2 atom stereocenters. The van der Waals surface area contributed by atoms with Crippen LogP contribution in [0.5, 0.6) is 23.0 Å². The second-order valence-corrected chi connectivity index (χ2v) is 12.3. The third kappa shape index (κ3) is 7.44. The van der Waals surface area contributed by atoms with E-state index in [0.29, 0.717) is 55.5 Å². The van der Waals surface area contributed by atoms with E-state index in [4.69, 9.17) is 14.2 Å². The molecule has 10 heteroatoms. The summed E-state index contributed by atoms with van der Waals surface area (Å²) < 4.78 is 16.7. The number of rotatable bonds is 11. The number of carbonyl (C=O) groups excluding carboxylic acids is 2. The number of ether oxygens (including phenoxy) is 3. The first-order valence-corrected chi connectivity index (χ1v) is 15.9. The number of methoxy groups -OCH3 is 2.